The molecule has 0 aliphatic carbocycles. The fourth-order valence-corrected chi connectivity index (χ4v) is 2.97. The molecule has 0 fully saturated rings. The minimum absolute atomic E-state index is 0.0533. The van der Waals surface area contributed by atoms with Crippen molar-refractivity contribution in [3.63, 3.8) is 0 Å². The van der Waals surface area contributed by atoms with E-state index >= 15 is 0 Å². The van der Waals surface area contributed by atoms with Crippen LogP contribution < -0.4 is 15.2 Å². The Morgan fingerprint density at radius 2 is 2.05 bits per heavy atom. The quantitative estimate of drug-likeness (QED) is 0.730. The van der Waals surface area contributed by atoms with Gasteiger partial charge >= 0.3 is 0 Å². The van der Waals surface area contributed by atoms with Crippen molar-refractivity contribution in [1.82, 2.24) is 4.72 Å². The van der Waals surface area contributed by atoms with Gasteiger partial charge in [0, 0.05) is 25.8 Å². The molecule has 0 saturated carbocycles. The number of methoxy groups -OCH3 is 2. The number of ether oxygens (including phenoxy) is 2. The molecule has 1 unspecified atom stereocenters. The van der Waals surface area contributed by atoms with Crippen LogP contribution in [0.5, 0.6) is 5.75 Å². The monoisotopic (exact) mass is 288 g/mol. The van der Waals surface area contributed by atoms with E-state index in [1.807, 2.05) is 0 Å². The van der Waals surface area contributed by atoms with Gasteiger partial charge in [-0.25, -0.2) is 13.1 Å². The number of rotatable bonds is 7. The standard InChI is InChI=1S/C12H20N2O4S/c1-9(6-7-17-2)14-19(15,16)12-5-4-10(18-3)8-11(12)13/h4-5,8-9,14H,6-7,13H2,1-3H3. The Kier molecular flexibility index (Phi) is 5.59. The molecule has 19 heavy (non-hydrogen) atoms. The van der Waals surface area contributed by atoms with E-state index in [9.17, 15) is 8.42 Å². The molecule has 1 aromatic carbocycles. The van der Waals surface area contributed by atoms with Crippen LogP contribution in [0.15, 0.2) is 23.1 Å². The summed E-state index contributed by atoms with van der Waals surface area (Å²) in [7, 11) is -0.566. The SMILES string of the molecule is COCCC(C)NS(=O)(=O)c1ccc(OC)cc1N. The van der Waals surface area contributed by atoms with Crippen LogP contribution in [0.3, 0.4) is 0 Å². The highest BCUT2D eigenvalue weighted by Gasteiger charge is 2.20. The molecular formula is C12H20N2O4S. The first-order valence-corrected chi connectivity index (χ1v) is 7.34. The van der Waals surface area contributed by atoms with Crippen LogP contribution in [-0.4, -0.2) is 35.3 Å². The lowest BCUT2D eigenvalue weighted by Crippen LogP contribution is -2.33. The van der Waals surface area contributed by atoms with Gasteiger partial charge in [0.15, 0.2) is 0 Å². The highest BCUT2D eigenvalue weighted by atomic mass is 32.2. The van der Waals surface area contributed by atoms with Crippen LogP contribution in [0.1, 0.15) is 13.3 Å². The van der Waals surface area contributed by atoms with Gasteiger partial charge < -0.3 is 15.2 Å². The lowest BCUT2D eigenvalue weighted by molar-refractivity contribution is 0.188. The molecule has 6 nitrogen and oxygen atoms in total. The molecule has 0 aliphatic rings. The molecule has 0 spiro atoms. The van der Waals surface area contributed by atoms with E-state index in [2.05, 4.69) is 4.72 Å². The molecule has 0 saturated heterocycles. The van der Waals surface area contributed by atoms with Crippen molar-refractivity contribution in [3.8, 4) is 5.75 Å². The van der Waals surface area contributed by atoms with E-state index in [4.69, 9.17) is 15.2 Å². The molecule has 1 rings (SSSR count). The number of benzene rings is 1. The molecular weight excluding hydrogens is 268 g/mol. The van der Waals surface area contributed by atoms with Gasteiger partial charge in [-0.05, 0) is 25.5 Å². The topological polar surface area (TPSA) is 90.6 Å². The van der Waals surface area contributed by atoms with Crippen molar-refractivity contribution in [1.29, 1.82) is 0 Å². The van der Waals surface area contributed by atoms with Crippen LogP contribution in [0.25, 0.3) is 0 Å². The normalized spacial score (nSPS) is 13.2. The van der Waals surface area contributed by atoms with Crippen LogP contribution in [0.2, 0.25) is 0 Å². The minimum Gasteiger partial charge on any atom is -0.497 e. The van der Waals surface area contributed by atoms with Gasteiger partial charge in [-0.15, -0.1) is 0 Å². The number of nitrogens with two attached hydrogens (primary N) is 1. The van der Waals surface area contributed by atoms with Gasteiger partial charge in [-0.2, -0.15) is 0 Å². The Hall–Kier alpha value is -1.31. The maximum atomic E-state index is 12.2. The van der Waals surface area contributed by atoms with E-state index in [1.165, 1.54) is 19.2 Å². The number of sulfonamides is 1. The van der Waals surface area contributed by atoms with Crippen molar-refractivity contribution in [2.24, 2.45) is 0 Å². The summed E-state index contributed by atoms with van der Waals surface area (Å²) in [6.07, 6.45) is 0.589. The van der Waals surface area contributed by atoms with Crippen LogP contribution in [0, 0.1) is 0 Å². The van der Waals surface area contributed by atoms with Gasteiger partial charge in [0.05, 0.1) is 12.8 Å². The van der Waals surface area contributed by atoms with Gasteiger partial charge in [0.1, 0.15) is 10.6 Å². The molecule has 0 amide bonds. The maximum absolute atomic E-state index is 12.2. The number of nitrogens with one attached hydrogen (secondary N) is 1. The summed E-state index contributed by atoms with van der Waals surface area (Å²) in [5.74, 6) is 0.517. The third-order valence-corrected chi connectivity index (χ3v) is 4.28. The summed E-state index contributed by atoms with van der Waals surface area (Å²) >= 11 is 0. The molecule has 1 aromatic rings. The van der Waals surface area contributed by atoms with Crippen molar-refractivity contribution in [3.05, 3.63) is 18.2 Å². The zero-order chi connectivity index (χ0) is 14.5. The third kappa shape index (κ3) is 4.38. The molecule has 108 valence electrons. The van der Waals surface area contributed by atoms with E-state index in [0.717, 1.165) is 0 Å². The van der Waals surface area contributed by atoms with Crippen molar-refractivity contribution in [2.75, 3.05) is 26.6 Å². The van der Waals surface area contributed by atoms with Crippen molar-refractivity contribution < 1.29 is 17.9 Å². The fourth-order valence-electron chi connectivity index (χ4n) is 1.58. The summed E-state index contributed by atoms with van der Waals surface area (Å²) in [6, 6.07) is 4.24. The van der Waals surface area contributed by atoms with Crippen molar-refractivity contribution in [2.45, 2.75) is 24.3 Å². The van der Waals surface area contributed by atoms with Crippen LogP contribution >= 0.6 is 0 Å². The number of nitrogen functional groups attached to an aromatic ring is 1. The van der Waals surface area contributed by atoms with E-state index in [-0.39, 0.29) is 16.6 Å². The lowest BCUT2D eigenvalue weighted by atomic mass is 10.3. The van der Waals surface area contributed by atoms with Gasteiger partial charge in [0.25, 0.3) is 0 Å². The van der Waals surface area contributed by atoms with Gasteiger partial charge in [0.2, 0.25) is 10.0 Å². The summed E-state index contributed by atoms with van der Waals surface area (Å²) < 4.78 is 36.8. The smallest absolute Gasteiger partial charge is 0.242 e. The average Bonchev–Trinajstić information content (AvgIpc) is 2.35. The molecule has 7 heteroatoms. The zero-order valence-corrected chi connectivity index (χ0v) is 12.2. The Labute approximate surface area is 113 Å². The lowest BCUT2D eigenvalue weighted by Gasteiger charge is -2.15. The number of hydrogen-bond donors (Lipinski definition) is 2. The molecule has 0 aromatic heterocycles. The molecule has 3 N–H and O–H groups in total. The zero-order valence-electron chi connectivity index (χ0n) is 11.3. The van der Waals surface area contributed by atoms with E-state index in [0.29, 0.717) is 18.8 Å². The molecule has 0 heterocycles. The first-order valence-electron chi connectivity index (χ1n) is 5.85. The van der Waals surface area contributed by atoms with Crippen molar-refractivity contribution >= 4 is 15.7 Å². The molecule has 0 radical (unpaired) electrons. The Morgan fingerprint density at radius 1 is 1.37 bits per heavy atom. The van der Waals surface area contributed by atoms with E-state index in [1.54, 1.807) is 20.1 Å². The van der Waals surface area contributed by atoms with Gasteiger partial charge in [-0.3, -0.25) is 0 Å². The minimum atomic E-state index is -3.63. The molecule has 1 atom stereocenters. The predicted octanol–water partition coefficient (Wildman–Crippen LogP) is 0.981. The Balaban J connectivity index is 2.88. The second kappa shape index (κ2) is 6.74. The molecule has 0 aliphatic heterocycles. The van der Waals surface area contributed by atoms with Gasteiger partial charge in [-0.1, -0.05) is 0 Å². The summed E-state index contributed by atoms with van der Waals surface area (Å²) in [5.41, 5.74) is 5.89. The first kappa shape index (κ1) is 15.7. The van der Waals surface area contributed by atoms with Crippen LogP contribution in [-0.2, 0) is 14.8 Å². The summed E-state index contributed by atoms with van der Waals surface area (Å²) in [4.78, 5) is 0.0533. The average molecular weight is 288 g/mol. The second-order valence-corrected chi connectivity index (χ2v) is 5.89. The molecule has 0 bridgehead atoms. The highest BCUT2D eigenvalue weighted by molar-refractivity contribution is 7.89. The number of hydrogen-bond acceptors (Lipinski definition) is 5. The largest absolute Gasteiger partial charge is 0.497 e. The third-order valence-electron chi connectivity index (χ3n) is 2.62. The first-order chi connectivity index (χ1) is 8.90. The predicted molar refractivity (Wildman–Crippen MR) is 73.7 cm³/mol. The fraction of sp³-hybridized carbons (Fsp3) is 0.500. The maximum Gasteiger partial charge on any atom is 0.242 e. The van der Waals surface area contributed by atoms with Crippen LogP contribution in [0.4, 0.5) is 5.69 Å². The number of anilines is 1. The Bertz CT molecular complexity index is 516. The summed E-state index contributed by atoms with van der Waals surface area (Å²) in [5, 5.41) is 0. The highest BCUT2D eigenvalue weighted by Crippen LogP contribution is 2.23. The van der Waals surface area contributed by atoms with E-state index < -0.39 is 10.0 Å². The second-order valence-electron chi connectivity index (χ2n) is 4.21. The Morgan fingerprint density at radius 3 is 2.58 bits per heavy atom. The summed E-state index contributed by atoms with van der Waals surface area (Å²) in [6.45, 7) is 2.26.